The van der Waals surface area contributed by atoms with Crippen LogP contribution in [0.3, 0.4) is 0 Å². The number of H-pyrrole nitrogens is 1. The van der Waals surface area contributed by atoms with E-state index in [1.807, 2.05) is 30.3 Å². The van der Waals surface area contributed by atoms with Crippen LogP contribution in [0, 0.1) is 5.82 Å². The van der Waals surface area contributed by atoms with Crippen molar-refractivity contribution in [3.63, 3.8) is 0 Å². The summed E-state index contributed by atoms with van der Waals surface area (Å²) in [6.45, 7) is 0.238. The summed E-state index contributed by atoms with van der Waals surface area (Å²) in [6.07, 6.45) is 1.24. The summed E-state index contributed by atoms with van der Waals surface area (Å²) in [5.74, 6) is -0.494. The Morgan fingerprint density at radius 1 is 1.20 bits per heavy atom. The molecule has 0 unspecified atom stereocenters. The second-order valence-corrected chi connectivity index (χ2v) is 4.31. The predicted molar refractivity (Wildman–Crippen MR) is 73.1 cm³/mol. The molecule has 100 valence electrons. The molecular weight excluding hydrogens is 259 g/mol. The number of nitrogens with one attached hydrogen (secondary N) is 1. The highest BCUT2D eigenvalue weighted by Gasteiger charge is 2.09. The number of rotatable bonds is 3. The van der Waals surface area contributed by atoms with E-state index >= 15 is 0 Å². The van der Waals surface area contributed by atoms with Gasteiger partial charge in [-0.2, -0.15) is 0 Å². The maximum Gasteiger partial charge on any atom is 0.258 e. The number of nitrogens with zero attached hydrogens (tertiary/aromatic N) is 1. The average Bonchev–Trinajstić information content (AvgIpc) is 2.47. The molecule has 0 amide bonds. The van der Waals surface area contributed by atoms with Gasteiger partial charge in [0.2, 0.25) is 0 Å². The van der Waals surface area contributed by atoms with E-state index in [4.69, 9.17) is 4.74 Å². The van der Waals surface area contributed by atoms with Crippen molar-refractivity contribution in [3.05, 3.63) is 70.5 Å². The summed E-state index contributed by atoms with van der Waals surface area (Å²) >= 11 is 0. The van der Waals surface area contributed by atoms with Crippen LogP contribution in [-0.2, 0) is 6.61 Å². The molecule has 1 heterocycles. The molecule has 2 aromatic carbocycles. The molecule has 0 aliphatic heterocycles. The molecule has 0 saturated carbocycles. The molecule has 3 aromatic rings. The van der Waals surface area contributed by atoms with Gasteiger partial charge in [-0.05, 0) is 11.6 Å². The van der Waals surface area contributed by atoms with Gasteiger partial charge in [0, 0.05) is 6.07 Å². The largest absolute Gasteiger partial charge is 0.486 e. The Bertz CT molecular complexity index is 800. The van der Waals surface area contributed by atoms with Crippen LogP contribution in [0.5, 0.6) is 5.75 Å². The Kier molecular flexibility index (Phi) is 3.16. The lowest BCUT2D eigenvalue weighted by molar-refractivity contribution is 0.291. The normalized spacial score (nSPS) is 10.7. The van der Waals surface area contributed by atoms with Crippen molar-refractivity contribution in [2.75, 3.05) is 0 Å². The quantitative estimate of drug-likeness (QED) is 0.796. The number of fused-ring (bicyclic) bond motifs is 1. The monoisotopic (exact) mass is 270 g/mol. The molecule has 0 atom stereocenters. The van der Waals surface area contributed by atoms with Gasteiger partial charge < -0.3 is 9.72 Å². The van der Waals surface area contributed by atoms with Gasteiger partial charge in [0.15, 0.2) is 11.6 Å². The molecule has 0 radical (unpaired) electrons. The lowest BCUT2D eigenvalue weighted by Crippen LogP contribution is -2.07. The fourth-order valence-corrected chi connectivity index (χ4v) is 1.92. The van der Waals surface area contributed by atoms with Crippen LogP contribution in [0.1, 0.15) is 5.56 Å². The third-order valence-electron chi connectivity index (χ3n) is 2.93. The minimum absolute atomic E-state index is 0.0415. The molecule has 0 fully saturated rings. The third-order valence-corrected chi connectivity index (χ3v) is 2.93. The van der Waals surface area contributed by atoms with Crippen LogP contribution >= 0.6 is 0 Å². The molecule has 0 aliphatic rings. The van der Waals surface area contributed by atoms with E-state index in [-0.39, 0.29) is 17.9 Å². The zero-order valence-corrected chi connectivity index (χ0v) is 10.5. The Morgan fingerprint density at radius 2 is 2.00 bits per heavy atom. The van der Waals surface area contributed by atoms with Crippen molar-refractivity contribution in [2.24, 2.45) is 0 Å². The second-order valence-electron chi connectivity index (χ2n) is 4.31. The van der Waals surface area contributed by atoms with E-state index < -0.39 is 5.82 Å². The number of aromatic nitrogens is 2. The van der Waals surface area contributed by atoms with Gasteiger partial charge in [-0.3, -0.25) is 4.79 Å². The molecule has 5 heteroatoms. The first kappa shape index (κ1) is 12.3. The van der Waals surface area contributed by atoms with E-state index in [1.165, 1.54) is 18.5 Å². The van der Waals surface area contributed by atoms with Gasteiger partial charge in [-0.25, -0.2) is 9.37 Å². The maximum atomic E-state index is 13.9. The maximum absolute atomic E-state index is 13.9. The van der Waals surface area contributed by atoms with Crippen molar-refractivity contribution in [3.8, 4) is 5.75 Å². The van der Waals surface area contributed by atoms with Crippen LogP contribution in [0.15, 0.2) is 53.6 Å². The van der Waals surface area contributed by atoms with Gasteiger partial charge in [-0.1, -0.05) is 30.3 Å². The topological polar surface area (TPSA) is 55.0 Å². The zero-order chi connectivity index (χ0) is 13.9. The molecule has 1 N–H and O–H groups in total. The van der Waals surface area contributed by atoms with Crippen molar-refractivity contribution in [1.82, 2.24) is 9.97 Å². The minimum Gasteiger partial charge on any atom is -0.486 e. The van der Waals surface area contributed by atoms with E-state index in [0.717, 1.165) is 5.56 Å². The van der Waals surface area contributed by atoms with Crippen molar-refractivity contribution >= 4 is 10.9 Å². The molecule has 3 rings (SSSR count). The van der Waals surface area contributed by atoms with Crippen molar-refractivity contribution in [2.45, 2.75) is 6.61 Å². The van der Waals surface area contributed by atoms with Crippen molar-refractivity contribution in [1.29, 1.82) is 0 Å². The highest BCUT2D eigenvalue weighted by Crippen LogP contribution is 2.22. The second kappa shape index (κ2) is 5.13. The van der Waals surface area contributed by atoms with Crippen molar-refractivity contribution < 1.29 is 9.13 Å². The van der Waals surface area contributed by atoms with Gasteiger partial charge in [-0.15, -0.1) is 0 Å². The summed E-state index contributed by atoms with van der Waals surface area (Å²) in [5, 5.41) is 0.303. The summed E-state index contributed by atoms with van der Waals surface area (Å²) in [6, 6.07) is 12.0. The smallest absolute Gasteiger partial charge is 0.258 e. The van der Waals surface area contributed by atoms with Crippen LogP contribution in [0.25, 0.3) is 10.9 Å². The molecule has 0 spiro atoms. The minimum atomic E-state index is -0.536. The summed E-state index contributed by atoms with van der Waals surface area (Å²) in [7, 11) is 0. The molecular formula is C15H11FN2O2. The first-order chi connectivity index (χ1) is 9.74. The fraction of sp³-hybridized carbons (Fsp3) is 0.0667. The SMILES string of the molecule is O=c1[nH]cnc2cc(F)c(OCc3ccccc3)cc12. The van der Waals surface area contributed by atoms with E-state index in [9.17, 15) is 9.18 Å². The van der Waals surface area contributed by atoms with Gasteiger partial charge in [0.1, 0.15) is 6.61 Å². The molecule has 0 aliphatic carbocycles. The summed E-state index contributed by atoms with van der Waals surface area (Å²) < 4.78 is 19.3. The number of hydrogen-bond acceptors (Lipinski definition) is 3. The molecule has 20 heavy (non-hydrogen) atoms. The molecule has 0 saturated heterocycles. The highest BCUT2D eigenvalue weighted by molar-refractivity contribution is 5.79. The lowest BCUT2D eigenvalue weighted by atomic mass is 10.2. The highest BCUT2D eigenvalue weighted by atomic mass is 19.1. The van der Waals surface area contributed by atoms with Crippen LogP contribution in [0.4, 0.5) is 4.39 Å². The number of hydrogen-bond donors (Lipinski definition) is 1. The summed E-state index contributed by atoms with van der Waals surface area (Å²) in [4.78, 5) is 18.0. The first-order valence-corrected chi connectivity index (χ1v) is 6.08. The Hall–Kier alpha value is -2.69. The lowest BCUT2D eigenvalue weighted by Gasteiger charge is -2.08. The fourth-order valence-electron chi connectivity index (χ4n) is 1.92. The third kappa shape index (κ3) is 2.38. The average molecular weight is 270 g/mol. The zero-order valence-electron chi connectivity index (χ0n) is 10.5. The Morgan fingerprint density at radius 3 is 2.80 bits per heavy atom. The van der Waals surface area contributed by atoms with Crippen LogP contribution in [0.2, 0.25) is 0 Å². The van der Waals surface area contributed by atoms with Crippen LogP contribution < -0.4 is 10.3 Å². The first-order valence-electron chi connectivity index (χ1n) is 6.08. The predicted octanol–water partition coefficient (Wildman–Crippen LogP) is 2.64. The van der Waals surface area contributed by atoms with Crippen LogP contribution in [-0.4, -0.2) is 9.97 Å². The number of aromatic amines is 1. The van der Waals surface area contributed by atoms with E-state index in [2.05, 4.69) is 9.97 Å². The Labute approximate surface area is 113 Å². The van der Waals surface area contributed by atoms with Gasteiger partial charge in [0.25, 0.3) is 5.56 Å². The molecule has 1 aromatic heterocycles. The van der Waals surface area contributed by atoms with Gasteiger partial charge >= 0.3 is 0 Å². The van der Waals surface area contributed by atoms with E-state index in [0.29, 0.717) is 10.9 Å². The number of ether oxygens (including phenoxy) is 1. The molecule has 4 nitrogen and oxygen atoms in total. The van der Waals surface area contributed by atoms with Gasteiger partial charge in [0.05, 0.1) is 17.2 Å². The number of halogens is 1. The molecule has 0 bridgehead atoms. The summed E-state index contributed by atoms with van der Waals surface area (Å²) in [5.41, 5.74) is 0.907. The standard InChI is InChI=1S/C15H11FN2O2/c16-12-7-13-11(15(19)18-9-17-13)6-14(12)20-8-10-4-2-1-3-5-10/h1-7,9H,8H2,(H,17,18,19). The number of benzene rings is 2. The van der Waals surface area contributed by atoms with E-state index in [1.54, 1.807) is 0 Å². The Balaban J connectivity index is 1.93.